The molecule has 19 heavy (non-hydrogen) atoms. The third-order valence-electron chi connectivity index (χ3n) is 2.28. The van der Waals surface area contributed by atoms with Crippen LogP contribution in [0.5, 0.6) is 0 Å². The van der Waals surface area contributed by atoms with Gasteiger partial charge in [-0.15, -0.1) is 0 Å². The number of aliphatic imine (C=N–C) groups is 1. The Bertz CT molecular complexity index is 259. The molecule has 0 unspecified atom stereocenters. The van der Waals surface area contributed by atoms with Crippen LogP contribution in [0.3, 0.4) is 0 Å². The summed E-state index contributed by atoms with van der Waals surface area (Å²) in [5.41, 5.74) is 0. The van der Waals surface area contributed by atoms with E-state index in [1.807, 2.05) is 0 Å². The van der Waals surface area contributed by atoms with Gasteiger partial charge in [0.2, 0.25) is 0 Å². The van der Waals surface area contributed by atoms with Gasteiger partial charge in [-0.25, -0.2) is 0 Å². The second kappa shape index (κ2) is 9.85. The Morgan fingerprint density at radius 3 is 2.42 bits per heavy atom. The van der Waals surface area contributed by atoms with E-state index in [0.29, 0.717) is 38.6 Å². The van der Waals surface area contributed by atoms with Crippen molar-refractivity contribution in [3.05, 3.63) is 0 Å². The lowest BCUT2D eigenvalue weighted by atomic mass is 10.4. The molecule has 0 radical (unpaired) electrons. The summed E-state index contributed by atoms with van der Waals surface area (Å²) in [6.45, 7) is 1.25. The average molecular weight is 284 g/mol. The summed E-state index contributed by atoms with van der Waals surface area (Å²) in [6, 6.07) is 0. The van der Waals surface area contributed by atoms with Gasteiger partial charge in [-0.2, -0.15) is 13.2 Å². The summed E-state index contributed by atoms with van der Waals surface area (Å²) >= 11 is 0. The molecule has 0 rings (SSSR count). The summed E-state index contributed by atoms with van der Waals surface area (Å²) in [6.07, 6.45) is -3.53. The normalized spacial score (nSPS) is 12.9. The van der Waals surface area contributed by atoms with Crippen LogP contribution in [-0.4, -0.2) is 71.0 Å². The highest BCUT2D eigenvalue weighted by atomic mass is 19.4. The van der Waals surface area contributed by atoms with Gasteiger partial charge >= 0.3 is 6.18 Å². The van der Waals surface area contributed by atoms with Crippen LogP contribution < -0.4 is 10.6 Å². The van der Waals surface area contributed by atoms with Crippen molar-refractivity contribution in [3.63, 3.8) is 0 Å². The lowest BCUT2D eigenvalue weighted by molar-refractivity contribution is -0.143. The largest absolute Gasteiger partial charge is 0.401 e. The fraction of sp³-hybridized carbons (Fsp3) is 0.909. The molecule has 0 aliphatic carbocycles. The maximum atomic E-state index is 12.1. The Morgan fingerprint density at radius 1 is 1.26 bits per heavy atom. The van der Waals surface area contributed by atoms with Gasteiger partial charge in [0, 0.05) is 27.2 Å². The van der Waals surface area contributed by atoms with Crippen molar-refractivity contribution >= 4 is 5.96 Å². The molecule has 0 amide bonds. The zero-order valence-electron chi connectivity index (χ0n) is 11.7. The molecule has 0 saturated carbocycles. The van der Waals surface area contributed by atoms with E-state index >= 15 is 0 Å². The van der Waals surface area contributed by atoms with E-state index in [-0.39, 0.29) is 0 Å². The van der Waals surface area contributed by atoms with E-state index in [0.717, 1.165) is 0 Å². The summed E-state index contributed by atoms with van der Waals surface area (Å²) < 4.78 is 41.1. The molecule has 0 saturated heterocycles. The second-order valence-electron chi connectivity index (χ2n) is 4.13. The van der Waals surface area contributed by atoms with Gasteiger partial charge in [-0.3, -0.25) is 9.89 Å². The molecular formula is C11H23F3N4O. The monoisotopic (exact) mass is 284 g/mol. The molecule has 0 aromatic carbocycles. The molecule has 2 N–H and O–H groups in total. The van der Waals surface area contributed by atoms with Crippen molar-refractivity contribution in [2.24, 2.45) is 4.99 Å². The number of methoxy groups -OCH3 is 1. The van der Waals surface area contributed by atoms with E-state index in [4.69, 9.17) is 4.74 Å². The Hall–Kier alpha value is -1.02. The highest BCUT2D eigenvalue weighted by Gasteiger charge is 2.28. The zero-order chi connectivity index (χ0) is 14.7. The van der Waals surface area contributed by atoms with E-state index < -0.39 is 12.7 Å². The Labute approximate surface area is 112 Å². The van der Waals surface area contributed by atoms with Crippen LogP contribution in [0.25, 0.3) is 0 Å². The first-order valence-corrected chi connectivity index (χ1v) is 6.08. The molecule has 0 atom stereocenters. The van der Waals surface area contributed by atoms with Gasteiger partial charge < -0.3 is 15.4 Å². The molecule has 5 nitrogen and oxygen atoms in total. The average Bonchev–Trinajstić information content (AvgIpc) is 2.30. The predicted octanol–water partition coefficient (Wildman–Crippen LogP) is 0.682. The van der Waals surface area contributed by atoms with Crippen LogP contribution in [0, 0.1) is 0 Å². The van der Waals surface area contributed by atoms with Gasteiger partial charge in [0.15, 0.2) is 5.96 Å². The maximum absolute atomic E-state index is 12.1. The second-order valence-corrected chi connectivity index (χ2v) is 4.13. The molecule has 0 aliphatic rings. The molecule has 114 valence electrons. The summed E-state index contributed by atoms with van der Waals surface area (Å²) in [7, 11) is 4.70. The molecule has 0 aromatic rings. The van der Waals surface area contributed by atoms with Crippen LogP contribution >= 0.6 is 0 Å². The van der Waals surface area contributed by atoms with Gasteiger partial charge in [0.25, 0.3) is 0 Å². The van der Waals surface area contributed by atoms with Crippen molar-refractivity contribution in [1.82, 2.24) is 15.5 Å². The van der Waals surface area contributed by atoms with Crippen molar-refractivity contribution < 1.29 is 17.9 Å². The third-order valence-corrected chi connectivity index (χ3v) is 2.28. The quantitative estimate of drug-likeness (QED) is 0.391. The maximum Gasteiger partial charge on any atom is 0.401 e. The smallest absolute Gasteiger partial charge is 0.383 e. The van der Waals surface area contributed by atoms with Gasteiger partial charge in [0.1, 0.15) is 0 Å². The van der Waals surface area contributed by atoms with E-state index in [2.05, 4.69) is 15.6 Å². The first-order valence-electron chi connectivity index (χ1n) is 6.08. The van der Waals surface area contributed by atoms with Crippen LogP contribution in [0.2, 0.25) is 0 Å². The van der Waals surface area contributed by atoms with Crippen molar-refractivity contribution in [2.45, 2.75) is 12.6 Å². The van der Waals surface area contributed by atoms with Crippen molar-refractivity contribution in [1.29, 1.82) is 0 Å². The molecule has 0 spiro atoms. The fourth-order valence-electron chi connectivity index (χ4n) is 1.43. The number of guanidine groups is 1. The van der Waals surface area contributed by atoms with Crippen LogP contribution in [-0.2, 0) is 4.74 Å². The van der Waals surface area contributed by atoms with Crippen LogP contribution in [0.15, 0.2) is 4.99 Å². The lowest BCUT2D eigenvalue weighted by Crippen LogP contribution is -2.40. The van der Waals surface area contributed by atoms with E-state index in [1.165, 1.54) is 11.9 Å². The van der Waals surface area contributed by atoms with Crippen LogP contribution in [0.1, 0.15) is 6.42 Å². The molecule has 0 heterocycles. The molecule has 0 bridgehead atoms. The van der Waals surface area contributed by atoms with E-state index in [9.17, 15) is 13.2 Å². The van der Waals surface area contributed by atoms with Crippen molar-refractivity contribution in [3.8, 4) is 0 Å². The molecule has 0 aliphatic heterocycles. The third kappa shape index (κ3) is 11.8. The minimum absolute atomic E-state index is 0.377. The number of alkyl halides is 3. The van der Waals surface area contributed by atoms with Gasteiger partial charge in [0.05, 0.1) is 13.2 Å². The highest BCUT2D eigenvalue weighted by molar-refractivity contribution is 5.79. The number of halogens is 3. The van der Waals surface area contributed by atoms with Gasteiger partial charge in [-0.05, 0) is 20.0 Å². The first kappa shape index (κ1) is 18.0. The summed E-state index contributed by atoms with van der Waals surface area (Å²) in [5, 5.41) is 6.04. The lowest BCUT2D eigenvalue weighted by Gasteiger charge is -2.18. The van der Waals surface area contributed by atoms with Gasteiger partial charge in [-0.1, -0.05) is 0 Å². The number of ether oxygens (including phenoxy) is 1. The first-order chi connectivity index (χ1) is 8.89. The molecule has 0 fully saturated rings. The minimum Gasteiger partial charge on any atom is -0.383 e. The number of nitrogens with zero attached hydrogens (tertiary/aromatic N) is 2. The standard InChI is InChI=1S/C11H23F3N4O/c1-15-10(17-6-8-19-3)16-5-4-7-18(2)9-11(12,13)14/h4-9H2,1-3H3,(H2,15,16,17). The topological polar surface area (TPSA) is 48.9 Å². The Balaban J connectivity index is 3.66. The Morgan fingerprint density at radius 2 is 1.89 bits per heavy atom. The highest BCUT2D eigenvalue weighted by Crippen LogP contribution is 2.15. The van der Waals surface area contributed by atoms with E-state index in [1.54, 1.807) is 14.2 Å². The predicted molar refractivity (Wildman–Crippen MR) is 69.4 cm³/mol. The number of nitrogens with one attached hydrogen (secondary N) is 2. The summed E-state index contributed by atoms with van der Waals surface area (Å²) in [5.74, 6) is 0.621. The minimum atomic E-state index is -4.14. The zero-order valence-corrected chi connectivity index (χ0v) is 11.7. The molecule has 0 aromatic heterocycles. The number of hydrogen-bond acceptors (Lipinski definition) is 3. The van der Waals surface area contributed by atoms with Crippen LogP contribution in [0.4, 0.5) is 13.2 Å². The molecule has 8 heteroatoms. The number of hydrogen-bond donors (Lipinski definition) is 2. The Kier molecular flexibility index (Phi) is 9.32. The SMILES string of the molecule is CN=C(NCCCN(C)CC(F)(F)F)NCCOC. The number of rotatable bonds is 8. The molecular weight excluding hydrogens is 261 g/mol. The summed E-state index contributed by atoms with van der Waals surface area (Å²) in [4.78, 5) is 5.23. The van der Waals surface area contributed by atoms with Crippen molar-refractivity contribution in [2.75, 3.05) is 54.0 Å². The fourth-order valence-corrected chi connectivity index (χ4v) is 1.43.